The molecule has 0 aromatic heterocycles. The third-order valence-corrected chi connectivity index (χ3v) is 5.54. The number of hydrogen-bond donors (Lipinski definition) is 2. The number of nitrogens with one attached hydrogen (secondary N) is 2. The van der Waals surface area contributed by atoms with Gasteiger partial charge in [-0.05, 0) is 42.3 Å². The van der Waals surface area contributed by atoms with E-state index in [2.05, 4.69) is 36.6 Å². The molecule has 0 saturated carbocycles. The zero-order chi connectivity index (χ0) is 22.1. The standard InChI is InChI=1S/C27H32N2O2/c1-27(2,23-12-8-5-9-13-23)20-29-26(30)25(28-3)18-21-14-16-24(17-15-21)31-19-22-10-6-4-7-11-22/h4-17,25,28H,18-20H2,1-3H3,(H,29,30). The van der Waals surface area contributed by atoms with Crippen LogP contribution >= 0.6 is 0 Å². The van der Waals surface area contributed by atoms with Crippen molar-refractivity contribution in [2.45, 2.75) is 38.3 Å². The van der Waals surface area contributed by atoms with Crippen LogP contribution in [0, 0.1) is 0 Å². The van der Waals surface area contributed by atoms with E-state index in [1.807, 2.05) is 79.8 Å². The molecule has 2 N–H and O–H groups in total. The van der Waals surface area contributed by atoms with E-state index in [-0.39, 0.29) is 17.4 Å². The van der Waals surface area contributed by atoms with E-state index in [0.29, 0.717) is 19.6 Å². The lowest BCUT2D eigenvalue weighted by atomic mass is 9.84. The van der Waals surface area contributed by atoms with Gasteiger partial charge in [0.1, 0.15) is 12.4 Å². The van der Waals surface area contributed by atoms with Crippen molar-refractivity contribution in [2.24, 2.45) is 0 Å². The molecule has 0 bridgehead atoms. The van der Waals surface area contributed by atoms with Gasteiger partial charge in [0.05, 0.1) is 6.04 Å². The summed E-state index contributed by atoms with van der Waals surface area (Å²) >= 11 is 0. The molecule has 162 valence electrons. The third-order valence-electron chi connectivity index (χ3n) is 5.54. The maximum atomic E-state index is 12.8. The number of rotatable bonds is 10. The largest absolute Gasteiger partial charge is 0.489 e. The van der Waals surface area contributed by atoms with Crippen molar-refractivity contribution in [3.05, 3.63) is 102 Å². The lowest BCUT2D eigenvalue weighted by molar-refractivity contribution is -0.123. The average molecular weight is 417 g/mol. The van der Waals surface area contributed by atoms with Crippen LogP contribution in [0.15, 0.2) is 84.9 Å². The molecule has 3 rings (SSSR count). The molecule has 4 nitrogen and oxygen atoms in total. The molecule has 3 aromatic rings. The van der Waals surface area contributed by atoms with Gasteiger partial charge in [-0.1, -0.05) is 86.6 Å². The normalized spacial score (nSPS) is 12.2. The van der Waals surface area contributed by atoms with Gasteiger partial charge in [-0.25, -0.2) is 0 Å². The highest BCUT2D eigenvalue weighted by Gasteiger charge is 2.23. The Hall–Kier alpha value is -3.11. The van der Waals surface area contributed by atoms with Crippen LogP contribution in [0.25, 0.3) is 0 Å². The second-order valence-corrected chi connectivity index (χ2v) is 8.43. The van der Waals surface area contributed by atoms with Crippen LogP contribution in [-0.4, -0.2) is 25.5 Å². The Morgan fingerprint density at radius 3 is 2.10 bits per heavy atom. The van der Waals surface area contributed by atoms with Crippen LogP contribution in [0.5, 0.6) is 5.75 Å². The van der Waals surface area contributed by atoms with Crippen LogP contribution in [-0.2, 0) is 23.2 Å². The maximum Gasteiger partial charge on any atom is 0.237 e. The summed E-state index contributed by atoms with van der Waals surface area (Å²) in [5.74, 6) is 0.832. The van der Waals surface area contributed by atoms with E-state index in [0.717, 1.165) is 16.9 Å². The monoisotopic (exact) mass is 416 g/mol. The van der Waals surface area contributed by atoms with Gasteiger partial charge in [0.15, 0.2) is 0 Å². The summed E-state index contributed by atoms with van der Waals surface area (Å²) in [6.07, 6.45) is 0.618. The van der Waals surface area contributed by atoms with Gasteiger partial charge in [0.2, 0.25) is 5.91 Å². The molecule has 0 radical (unpaired) electrons. The van der Waals surface area contributed by atoms with Crippen molar-refractivity contribution in [3.8, 4) is 5.75 Å². The highest BCUT2D eigenvalue weighted by molar-refractivity contribution is 5.82. The molecule has 0 aliphatic rings. The van der Waals surface area contributed by atoms with E-state index < -0.39 is 0 Å². The van der Waals surface area contributed by atoms with Crippen LogP contribution in [0.2, 0.25) is 0 Å². The first-order chi connectivity index (χ1) is 15.0. The Balaban J connectivity index is 1.52. The Kier molecular flexibility index (Phi) is 7.85. The molecule has 1 amide bonds. The Morgan fingerprint density at radius 2 is 1.48 bits per heavy atom. The number of benzene rings is 3. The molecule has 3 aromatic carbocycles. The zero-order valence-electron chi connectivity index (χ0n) is 18.6. The second-order valence-electron chi connectivity index (χ2n) is 8.43. The number of ether oxygens (including phenoxy) is 1. The molecule has 0 spiro atoms. The van der Waals surface area contributed by atoms with Gasteiger partial charge in [-0.3, -0.25) is 4.79 Å². The summed E-state index contributed by atoms with van der Waals surface area (Å²) in [6.45, 7) is 5.41. The highest BCUT2D eigenvalue weighted by atomic mass is 16.5. The topological polar surface area (TPSA) is 50.4 Å². The lowest BCUT2D eigenvalue weighted by Crippen LogP contribution is -2.47. The Morgan fingerprint density at radius 1 is 0.871 bits per heavy atom. The first-order valence-corrected chi connectivity index (χ1v) is 10.7. The van der Waals surface area contributed by atoms with Crippen molar-refractivity contribution in [2.75, 3.05) is 13.6 Å². The minimum Gasteiger partial charge on any atom is -0.489 e. The number of hydrogen-bond acceptors (Lipinski definition) is 3. The van der Waals surface area contributed by atoms with Crippen molar-refractivity contribution >= 4 is 5.91 Å². The predicted molar refractivity (Wildman–Crippen MR) is 126 cm³/mol. The minimum atomic E-state index is -0.289. The van der Waals surface area contributed by atoms with Crippen LogP contribution < -0.4 is 15.4 Å². The molecule has 0 fully saturated rings. The van der Waals surface area contributed by atoms with Crippen molar-refractivity contribution in [1.29, 1.82) is 0 Å². The van der Waals surface area contributed by atoms with Crippen molar-refractivity contribution < 1.29 is 9.53 Å². The van der Waals surface area contributed by atoms with E-state index in [9.17, 15) is 4.79 Å². The van der Waals surface area contributed by atoms with Crippen LogP contribution in [0.1, 0.15) is 30.5 Å². The van der Waals surface area contributed by atoms with Crippen LogP contribution in [0.4, 0.5) is 0 Å². The molecule has 0 heterocycles. The van der Waals surface area contributed by atoms with Gasteiger partial charge in [0, 0.05) is 12.0 Å². The quantitative estimate of drug-likeness (QED) is 0.512. The maximum absolute atomic E-state index is 12.8. The summed E-state index contributed by atoms with van der Waals surface area (Å²) in [6, 6.07) is 28.0. The van der Waals surface area contributed by atoms with Gasteiger partial charge >= 0.3 is 0 Å². The lowest BCUT2D eigenvalue weighted by Gasteiger charge is -2.27. The van der Waals surface area contributed by atoms with E-state index in [1.165, 1.54) is 5.56 Å². The summed E-state index contributed by atoms with van der Waals surface area (Å²) in [5.41, 5.74) is 3.30. The molecule has 0 aliphatic heterocycles. The molecular weight excluding hydrogens is 384 g/mol. The fourth-order valence-corrected chi connectivity index (χ4v) is 3.45. The summed E-state index contributed by atoms with van der Waals surface area (Å²) in [5, 5.41) is 6.26. The summed E-state index contributed by atoms with van der Waals surface area (Å²) in [4.78, 5) is 12.8. The van der Waals surface area contributed by atoms with Crippen molar-refractivity contribution in [3.63, 3.8) is 0 Å². The molecule has 0 aliphatic carbocycles. The predicted octanol–water partition coefficient (Wildman–Crippen LogP) is 4.49. The molecule has 31 heavy (non-hydrogen) atoms. The smallest absolute Gasteiger partial charge is 0.237 e. The summed E-state index contributed by atoms with van der Waals surface area (Å²) in [7, 11) is 1.82. The molecule has 1 atom stereocenters. The fraction of sp³-hybridized carbons (Fsp3) is 0.296. The minimum absolute atomic E-state index is 0.0101. The number of carbonyl (C=O) groups excluding carboxylic acids is 1. The summed E-state index contributed by atoms with van der Waals surface area (Å²) < 4.78 is 5.85. The first-order valence-electron chi connectivity index (χ1n) is 10.7. The van der Waals surface area contributed by atoms with Crippen molar-refractivity contribution in [1.82, 2.24) is 10.6 Å². The fourth-order valence-electron chi connectivity index (χ4n) is 3.45. The van der Waals surface area contributed by atoms with E-state index in [4.69, 9.17) is 4.74 Å². The molecule has 1 unspecified atom stereocenters. The van der Waals surface area contributed by atoms with E-state index >= 15 is 0 Å². The average Bonchev–Trinajstić information content (AvgIpc) is 2.81. The van der Waals surface area contributed by atoms with Gasteiger partial charge in [-0.2, -0.15) is 0 Å². The van der Waals surface area contributed by atoms with Gasteiger partial charge in [-0.15, -0.1) is 0 Å². The zero-order valence-corrected chi connectivity index (χ0v) is 18.6. The highest BCUT2D eigenvalue weighted by Crippen LogP contribution is 2.22. The molecule has 0 saturated heterocycles. The third kappa shape index (κ3) is 6.69. The second kappa shape index (κ2) is 10.8. The number of carbonyl (C=O) groups is 1. The first kappa shape index (κ1) is 22.6. The SMILES string of the molecule is CNC(Cc1ccc(OCc2ccccc2)cc1)C(=O)NCC(C)(C)c1ccccc1. The Bertz CT molecular complexity index is 938. The number of likely N-dealkylation sites (N-methyl/N-ethyl adjacent to an activating group) is 1. The van der Waals surface area contributed by atoms with Gasteiger partial charge < -0.3 is 15.4 Å². The van der Waals surface area contributed by atoms with E-state index in [1.54, 1.807) is 0 Å². The molecule has 4 heteroatoms. The van der Waals surface area contributed by atoms with Crippen LogP contribution in [0.3, 0.4) is 0 Å². The molecular formula is C27H32N2O2. The Labute approximate surface area is 185 Å². The number of amides is 1. The van der Waals surface area contributed by atoms with Gasteiger partial charge in [0.25, 0.3) is 0 Å².